The summed E-state index contributed by atoms with van der Waals surface area (Å²) in [5.74, 6) is -2.13. The van der Waals surface area contributed by atoms with Gasteiger partial charge in [0.25, 0.3) is 5.92 Å². The van der Waals surface area contributed by atoms with Gasteiger partial charge in [-0.3, -0.25) is 9.59 Å². The Morgan fingerprint density at radius 3 is 2.23 bits per heavy atom. The molecule has 2 saturated carbocycles. The maximum atomic E-state index is 13.5. The van der Waals surface area contributed by atoms with E-state index in [-0.39, 0.29) is 36.6 Å². The number of halogens is 2. The number of nitrogens with zero attached hydrogens (tertiary/aromatic N) is 3. The summed E-state index contributed by atoms with van der Waals surface area (Å²) < 4.78 is 27.0. The van der Waals surface area contributed by atoms with Crippen molar-refractivity contribution < 1.29 is 18.4 Å². The molecule has 9 heteroatoms. The molecular formula is C31H35F2N5O2. The van der Waals surface area contributed by atoms with Gasteiger partial charge >= 0.3 is 0 Å². The van der Waals surface area contributed by atoms with Gasteiger partial charge in [0.05, 0.1) is 5.54 Å². The minimum atomic E-state index is -2.72. The van der Waals surface area contributed by atoms with E-state index in [1.807, 2.05) is 55.6 Å². The fraction of sp³-hybridized carbons (Fsp3) is 0.419. The zero-order valence-corrected chi connectivity index (χ0v) is 22.9. The first-order valence-electron chi connectivity index (χ1n) is 13.8. The summed E-state index contributed by atoms with van der Waals surface area (Å²) in [6, 6.07) is 19.0. The Kier molecular flexibility index (Phi) is 7.68. The Morgan fingerprint density at radius 1 is 0.975 bits per heavy atom. The molecule has 2 aliphatic carbocycles. The van der Waals surface area contributed by atoms with Crippen molar-refractivity contribution in [1.82, 2.24) is 15.1 Å². The minimum absolute atomic E-state index is 0.0692. The van der Waals surface area contributed by atoms with Crippen molar-refractivity contribution in [3.63, 3.8) is 0 Å². The molecule has 2 fully saturated rings. The predicted molar refractivity (Wildman–Crippen MR) is 150 cm³/mol. The fourth-order valence-corrected chi connectivity index (χ4v) is 5.99. The van der Waals surface area contributed by atoms with Crippen LogP contribution in [0.1, 0.15) is 57.4 Å². The molecule has 0 unspecified atom stereocenters. The molecule has 0 aliphatic heterocycles. The zero-order valence-electron chi connectivity index (χ0n) is 22.9. The summed E-state index contributed by atoms with van der Waals surface area (Å²) >= 11 is 0. The molecule has 2 amide bonds. The third-order valence-corrected chi connectivity index (χ3v) is 8.36. The fourth-order valence-electron chi connectivity index (χ4n) is 5.99. The second-order valence-corrected chi connectivity index (χ2v) is 11.4. The van der Waals surface area contributed by atoms with Crippen LogP contribution < -0.4 is 11.1 Å². The summed E-state index contributed by atoms with van der Waals surface area (Å²) in [4.78, 5) is 26.4. The van der Waals surface area contributed by atoms with Crippen LogP contribution in [-0.2, 0) is 15.1 Å². The van der Waals surface area contributed by atoms with E-state index in [1.165, 1.54) is 0 Å². The first-order valence-corrected chi connectivity index (χ1v) is 13.8. The molecule has 40 heavy (non-hydrogen) atoms. The molecule has 1 heterocycles. The molecule has 3 aromatic rings. The van der Waals surface area contributed by atoms with E-state index in [1.54, 1.807) is 24.0 Å². The van der Waals surface area contributed by atoms with Gasteiger partial charge in [0.2, 0.25) is 11.8 Å². The number of carbonyl (C=O) groups is 2. The number of nitrogens with one attached hydrogen (secondary N) is 1. The van der Waals surface area contributed by atoms with Gasteiger partial charge in [-0.15, -0.1) is 10.2 Å². The number of benzene rings is 2. The first-order chi connectivity index (χ1) is 19.0. The molecule has 0 bridgehead atoms. The number of anilines is 1. The van der Waals surface area contributed by atoms with E-state index in [0.717, 1.165) is 42.4 Å². The van der Waals surface area contributed by atoms with E-state index in [2.05, 4.69) is 15.5 Å². The Hall–Kier alpha value is -3.72. The van der Waals surface area contributed by atoms with Gasteiger partial charge in [0.1, 0.15) is 5.69 Å². The number of alkyl halides is 2. The van der Waals surface area contributed by atoms with Gasteiger partial charge in [0.15, 0.2) is 5.82 Å². The quantitative estimate of drug-likeness (QED) is 0.392. The van der Waals surface area contributed by atoms with Crippen LogP contribution in [0.5, 0.6) is 0 Å². The molecule has 210 valence electrons. The highest BCUT2D eigenvalue weighted by Crippen LogP contribution is 2.50. The standard InChI is InChI=1S/C31H35F2N5O2/c1-20(39)38(2)25-14-8-21(9-15-25)16-28(40)35-27-17-26(22-6-4-3-5-7-22)29(37-36-27)23-10-12-24(13-11-23)30(34)18-31(32,33)19-30/h3-7,10-13,17,21,25H,8-9,14-16,18-19,34H2,1-2H3,(H,35,36,40). The number of hydrogen-bond acceptors (Lipinski definition) is 5. The molecule has 5 rings (SSSR count). The largest absolute Gasteiger partial charge is 0.343 e. The average molecular weight is 548 g/mol. The molecule has 1 aromatic heterocycles. The van der Waals surface area contributed by atoms with E-state index < -0.39 is 11.5 Å². The van der Waals surface area contributed by atoms with Crippen LogP contribution >= 0.6 is 0 Å². The van der Waals surface area contributed by atoms with Crippen LogP contribution in [0.2, 0.25) is 0 Å². The third-order valence-electron chi connectivity index (χ3n) is 8.36. The van der Waals surface area contributed by atoms with Gasteiger partial charge in [-0.05, 0) is 48.8 Å². The van der Waals surface area contributed by atoms with Crippen molar-refractivity contribution in [2.75, 3.05) is 12.4 Å². The number of rotatable bonds is 7. The molecule has 0 saturated heterocycles. The van der Waals surface area contributed by atoms with E-state index in [4.69, 9.17) is 5.73 Å². The Bertz CT molecular complexity index is 1360. The highest BCUT2D eigenvalue weighted by molar-refractivity contribution is 5.91. The lowest BCUT2D eigenvalue weighted by molar-refractivity contribution is -0.130. The summed E-state index contributed by atoms with van der Waals surface area (Å²) in [6.45, 7) is 1.58. The first kappa shape index (κ1) is 27.8. The smallest absolute Gasteiger partial charge is 0.252 e. The molecule has 2 aromatic carbocycles. The molecule has 3 N–H and O–H groups in total. The maximum Gasteiger partial charge on any atom is 0.252 e. The number of nitrogens with two attached hydrogens (primary N) is 1. The molecule has 0 radical (unpaired) electrons. The number of hydrogen-bond donors (Lipinski definition) is 2. The lowest BCUT2D eigenvalue weighted by Gasteiger charge is -2.44. The minimum Gasteiger partial charge on any atom is -0.343 e. The summed E-state index contributed by atoms with van der Waals surface area (Å²) in [7, 11) is 1.84. The van der Waals surface area contributed by atoms with E-state index in [0.29, 0.717) is 23.5 Å². The lowest BCUT2D eigenvalue weighted by Crippen LogP contribution is -2.55. The van der Waals surface area contributed by atoms with Crippen LogP contribution in [-0.4, -0.2) is 45.9 Å². The molecule has 0 atom stereocenters. The summed E-state index contributed by atoms with van der Waals surface area (Å²) in [6.07, 6.45) is 3.25. The predicted octanol–water partition coefficient (Wildman–Crippen LogP) is 5.76. The zero-order chi connectivity index (χ0) is 28.5. The van der Waals surface area contributed by atoms with Crippen molar-refractivity contribution in [2.45, 2.75) is 69.4 Å². The second-order valence-electron chi connectivity index (χ2n) is 11.4. The van der Waals surface area contributed by atoms with Crippen LogP contribution in [0.25, 0.3) is 22.4 Å². The van der Waals surface area contributed by atoms with Crippen LogP contribution in [0.3, 0.4) is 0 Å². The average Bonchev–Trinajstić information content (AvgIpc) is 2.92. The van der Waals surface area contributed by atoms with Gasteiger partial charge in [-0.25, -0.2) is 8.78 Å². The Morgan fingerprint density at radius 2 is 1.62 bits per heavy atom. The van der Waals surface area contributed by atoms with Crippen molar-refractivity contribution in [1.29, 1.82) is 0 Å². The number of amides is 2. The molecular weight excluding hydrogens is 512 g/mol. The van der Waals surface area contributed by atoms with Crippen LogP contribution in [0.15, 0.2) is 60.7 Å². The normalized spacial score (nSPS) is 21.2. The Balaban J connectivity index is 1.30. The molecule has 0 spiro atoms. The van der Waals surface area contributed by atoms with Crippen molar-refractivity contribution in [2.24, 2.45) is 11.7 Å². The van der Waals surface area contributed by atoms with Crippen molar-refractivity contribution in [3.8, 4) is 22.4 Å². The number of aromatic nitrogens is 2. The second kappa shape index (κ2) is 11.0. The van der Waals surface area contributed by atoms with Crippen LogP contribution in [0.4, 0.5) is 14.6 Å². The SMILES string of the molecule is CC(=O)N(C)C1CCC(CC(=O)Nc2cc(-c3ccccc3)c(-c3ccc(C4(N)CC(F)(F)C4)cc3)nn2)CC1. The van der Waals surface area contributed by atoms with Crippen molar-refractivity contribution >= 4 is 17.6 Å². The molecule has 2 aliphatic rings. The third kappa shape index (κ3) is 6.04. The van der Waals surface area contributed by atoms with Crippen LogP contribution in [0, 0.1) is 5.92 Å². The Labute approximate surface area is 233 Å². The van der Waals surface area contributed by atoms with Gasteiger partial charge in [-0.1, -0.05) is 54.6 Å². The van der Waals surface area contributed by atoms with E-state index in [9.17, 15) is 18.4 Å². The maximum absolute atomic E-state index is 13.5. The summed E-state index contributed by atoms with van der Waals surface area (Å²) in [5.41, 5.74) is 8.96. The monoisotopic (exact) mass is 547 g/mol. The highest BCUT2D eigenvalue weighted by atomic mass is 19.3. The highest BCUT2D eigenvalue weighted by Gasteiger charge is 2.55. The van der Waals surface area contributed by atoms with E-state index >= 15 is 0 Å². The lowest BCUT2D eigenvalue weighted by atomic mass is 9.70. The van der Waals surface area contributed by atoms with Gasteiger partial charge in [-0.2, -0.15) is 0 Å². The topological polar surface area (TPSA) is 101 Å². The summed E-state index contributed by atoms with van der Waals surface area (Å²) in [5, 5.41) is 11.7. The van der Waals surface area contributed by atoms with Gasteiger partial charge < -0.3 is 16.0 Å². The number of carbonyl (C=O) groups excluding carboxylic acids is 2. The van der Waals surface area contributed by atoms with Crippen molar-refractivity contribution in [3.05, 3.63) is 66.2 Å². The van der Waals surface area contributed by atoms with Gasteiger partial charge in [0, 0.05) is 50.4 Å². The molecule has 7 nitrogen and oxygen atoms in total.